The van der Waals surface area contributed by atoms with Crippen molar-refractivity contribution in [2.45, 2.75) is 38.8 Å². The molecule has 1 saturated heterocycles. The molecule has 0 unspecified atom stereocenters. The van der Waals surface area contributed by atoms with Gasteiger partial charge >= 0.3 is 0 Å². The number of piperidine rings is 1. The number of hydrogen-bond acceptors (Lipinski definition) is 3. The Bertz CT molecular complexity index is 470. The first-order chi connectivity index (χ1) is 11.8. The third-order valence-corrected chi connectivity index (χ3v) is 4.34. The third-order valence-electron chi connectivity index (χ3n) is 4.34. The number of likely N-dealkylation sites (tertiary alicyclic amines) is 1. The van der Waals surface area contributed by atoms with Crippen LogP contribution in [0.25, 0.3) is 0 Å². The van der Waals surface area contributed by atoms with Gasteiger partial charge in [-0.15, -0.1) is 0 Å². The molecule has 2 N–H and O–H groups in total. The number of hydrogen-bond donors (Lipinski definition) is 2. The summed E-state index contributed by atoms with van der Waals surface area (Å²) in [5.41, 5.74) is 1.21. The predicted molar refractivity (Wildman–Crippen MR) is 100 cm³/mol. The lowest BCUT2D eigenvalue weighted by atomic mass is 10.1. The van der Waals surface area contributed by atoms with E-state index in [1.165, 1.54) is 44.5 Å². The van der Waals surface area contributed by atoms with E-state index in [0.29, 0.717) is 19.3 Å². The van der Waals surface area contributed by atoms with Gasteiger partial charge in [0.15, 0.2) is 5.96 Å². The smallest absolute Gasteiger partial charge is 0.191 e. The largest absolute Gasteiger partial charge is 0.375 e. The highest BCUT2D eigenvalue weighted by Gasteiger charge is 2.19. The topological polar surface area (TPSA) is 48.9 Å². The first-order valence-corrected chi connectivity index (χ1v) is 9.13. The van der Waals surface area contributed by atoms with Crippen LogP contribution >= 0.6 is 0 Å². The molecule has 0 amide bonds. The first-order valence-electron chi connectivity index (χ1n) is 9.13. The number of benzene rings is 1. The molecular weight excluding hydrogens is 300 g/mol. The Balaban J connectivity index is 1.57. The lowest BCUT2D eigenvalue weighted by Gasteiger charge is -2.32. The Morgan fingerprint density at radius 3 is 2.67 bits per heavy atom. The molecule has 1 fully saturated rings. The van der Waals surface area contributed by atoms with E-state index >= 15 is 0 Å². The van der Waals surface area contributed by atoms with Crippen LogP contribution in [0.15, 0.2) is 35.3 Å². The maximum atomic E-state index is 5.69. The van der Waals surface area contributed by atoms with Gasteiger partial charge in [-0.05, 0) is 31.4 Å². The highest BCUT2D eigenvalue weighted by atomic mass is 16.5. The zero-order chi connectivity index (χ0) is 17.0. The number of rotatable bonds is 8. The van der Waals surface area contributed by atoms with E-state index in [-0.39, 0.29) is 0 Å². The number of aliphatic imine (C=N–C) groups is 1. The van der Waals surface area contributed by atoms with Gasteiger partial charge in [0.25, 0.3) is 0 Å². The number of nitrogens with one attached hydrogen (secondary N) is 2. The summed E-state index contributed by atoms with van der Waals surface area (Å²) in [6.07, 6.45) is 3.61. The summed E-state index contributed by atoms with van der Waals surface area (Å²) >= 11 is 0. The van der Waals surface area contributed by atoms with Crippen molar-refractivity contribution in [1.29, 1.82) is 0 Å². The molecule has 24 heavy (non-hydrogen) atoms. The van der Waals surface area contributed by atoms with E-state index in [2.05, 4.69) is 39.6 Å². The van der Waals surface area contributed by atoms with Crippen LogP contribution in [0.3, 0.4) is 0 Å². The second-order valence-corrected chi connectivity index (χ2v) is 6.30. The van der Waals surface area contributed by atoms with Crippen molar-refractivity contribution in [3.05, 3.63) is 35.9 Å². The van der Waals surface area contributed by atoms with Crippen molar-refractivity contribution >= 4 is 5.96 Å². The summed E-state index contributed by atoms with van der Waals surface area (Å²) in [6.45, 7) is 7.93. The van der Waals surface area contributed by atoms with Crippen LogP contribution in [0, 0.1) is 0 Å². The molecule has 0 radical (unpaired) electrons. The standard InChI is InChI=1S/C19H32N4O/c1-3-12-23-13-9-18(10-14-23)22-19(20-2)21-11-15-24-16-17-7-5-4-6-8-17/h4-8,18H,3,9-16H2,1-2H3,(H2,20,21,22). The Morgan fingerprint density at radius 1 is 1.25 bits per heavy atom. The number of guanidine groups is 1. The molecule has 1 aliphatic rings. The van der Waals surface area contributed by atoms with Crippen molar-refractivity contribution in [2.24, 2.45) is 4.99 Å². The maximum Gasteiger partial charge on any atom is 0.191 e. The molecular formula is C19H32N4O. The van der Waals surface area contributed by atoms with Crippen molar-refractivity contribution < 1.29 is 4.74 Å². The van der Waals surface area contributed by atoms with E-state index in [4.69, 9.17) is 4.74 Å². The van der Waals surface area contributed by atoms with Gasteiger partial charge in [-0.1, -0.05) is 37.3 Å². The molecule has 1 aromatic carbocycles. The van der Waals surface area contributed by atoms with Crippen molar-refractivity contribution in [3.63, 3.8) is 0 Å². The van der Waals surface area contributed by atoms with E-state index in [0.717, 1.165) is 12.5 Å². The van der Waals surface area contributed by atoms with Crippen LogP contribution < -0.4 is 10.6 Å². The molecule has 0 atom stereocenters. The molecule has 1 aliphatic heterocycles. The molecule has 0 aromatic heterocycles. The lowest BCUT2D eigenvalue weighted by Crippen LogP contribution is -2.49. The fraction of sp³-hybridized carbons (Fsp3) is 0.632. The van der Waals surface area contributed by atoms with Gasteiger partial charge in [0, 0.05) is 32.7 Å². The third kappa shape index (κ3) is 6.89. The average molecular weight is 332 g/mol. The molecule has 0 saturated carbocycles. The summed E-state index contributed by atoms with van der Waals surface area (Å²) < 4.78 is 5.69. The summed E-state index contributed by atoms with van der Waals surface area (Å²) in [7, 11) is 1.83. The van der Waals surface area contributed by atoms with Crippen molar-refractivity contribution in [3.8, 4) is 0 Å². The van der Waals surface area contributed by atoms with Crippen LogP contribution in [-0.2, 0) is 11.3 Å². The zero-order valence-electron chi connectivity index (χ0n) is 15.1. The lowest BCUT2D eigenvalue weighted by molar-refractivity contribution is 0.125. The molecule has 134 valence electrons. The van der Waals surface area contributed by atoms with Crippen LogP contribution in [-0.4, -0.2) is 56.7 Å². The number of ether oxygens (including phenoxy) is 1. The van der Waals surface area contributed by atoms with Gasteiger partial charge in [-0.25, -0.2) is 0 Å². The quantitative estimate of drug-likeness (QED) is 0.435. The second-order valence-electron chi connectivity index (χ2n) is 6.30. The minimum atomic E-state index is 0.523. The van der Waals surface area contributed by atoms with Crippen LogP contribution in [0.4, 0.5) is 0 Å². The van der Waals surface area contributed by atoms with Gasteiger partial charge in [0.2, 0.25) is 0 Å². The molecule has 1 heterocycles. The molecule has 5 nitrogen and oxygen atoms in total. The molecule has 2 rings (SSSR count). The molecule has 1 aromatic rings. The molecule has 5 heteroatoms. The van der Waals surface area contributed by atoms with E-state index < -0.39 is 0 Å². The monoisotopic (exact) mass is 332 g/mol. The average Bonchev–Trinajstić information content (AvgIpc) is 2.63. The SMILES string of the molecule is CCCN1CCC(NC(=NC)NCCOCc2ccccc2)CC1. The Kier molecular flexibility index (Phi) is 8.63. The Hall–Kier alpha value is -1.59. The highest BCUT2D eigenvalue weighted by Crippen LogP contribution is 2.10. The summed E-state index contributed by atoms with van der Waals surface area (Å²) in [5, 5.41) is 6.87. The van der Waals surface area contributed by atoms with Gasteiger partial charge < -0.3 is 20.3 Å². The van der Waals surface area contributed by atoms with Crippen LogP contribution in [0.1, 0.15) is 31.7 Å². The van der Waals surface area contributed by atoms with Gasteiger partial charge in [-0.2, -0.15) is 0 Å². The molecule has 0 aliphatic carbocycles. The normalized spacial score (nSPS) is 17.0. The fourth-order valence-electron chi connectivity index (χ4n) is 3.01. The fourth-order valence-corrected chi connectivity index (χ4v) is 3.01. The van der Waals surface area contributed by atoms with E-state index in [9.17, 15) is 0 Å². The van der Waals surface area contributed by atoms with E-state index in [1.807, 2.05) is 25.2 Å². The zero-order valence-corrected chi connectivity index (χ0v) is 15.1. The Morgan fingerprint density at radius 2 is 2.00 bits per heavy atom. The first kappa shape index (κ1) is 18.7. The Labute approximate surface area is 146 Å². The summed E-state index contributed by atoms with van der Waals surface area (Å²) in [5.74, 6) is 0.882. The van der Waals surface area contributed by atoms with E-state index in [1.54, 1.807) is 0 Å². The molecule has 0 spiro atoms. The van der Waals surface area contributed by atoms with Crippen molar-refractivity contribution in [1.82, 2.24) is 15.5 Å². The van der Waals surface area contributed by atoms with Gasteiger partial charge in [-0.3, -0.25) is 4.99 Å². The van der Waals surface area contributed by atoms with Gasteiger partial charge in [0.05, 0.1) is 13.2 Å². The predicted octanol–water partition coefficient (Wildman–Crippen LogP) is 2.24. The maximum absolute atomic E-state index is 5.69. The van der Waals surface area contributed by atoms with Crippen LogP contribution in [0.5, 0.6) is 0 Å². The van der Waals surface area contributed by atoms with Crippen molar-refractivity contribution in [2.75, 3.05) is 39.8 Å². The second kappa shape index (κ2) is 11.0. The highest BCUT2D eigenvalue weighted by molar-refractivity contribution is 5.79. The minimum Gasteiger partial charge on any atom is -0.375 e. The molecule has 0 bridgehead atoms. The number of nitrogens with zero attached hydrogens (tertiary/aromatic N) is 2. The summed E-state index contributed by atoms with van der Waals surface area (Å²) in [4.78, 5) is 6.87. The van der Waals surface area contributed by atoms with Crippen LogP contribution in [0.2, 0.25) is 0 Å². The minimum absolute atomic E-state index is 0.523. The summed E-state index contributed by atoms with van der Waals surface area (Å²) in [6, 6.07) is 10.8. The van der Waals surface area contributed by atoms with Gasteiger partial charge in [0.1, 0.15) is 0 Å².